The molecule has 0 aliphatic heterocycles. The van der Waals surface area contributed by atoms with Crippen molar-refractivity contribution in [3.8, 4) is 11.6 Å². The molecule has 2 aromatic rings. The van der Waals surface area contributed by atoms with Crippen LogP contribution in [0.5, 0.6) is 5.88 Å². The lowest BCUT2D eigenvalue weighted by molar-refractivity contribution is 0.313. The molecular weight excluding hydrogens is 332 g/mol. The summed E-state index contributed by atoms with van der Waals surface area (Å²) in [5.74, 6) is -0.381. The van der Waals surface area contributed by atoms with E-state index in [4.69, 9.17) is 0 Å². The Kier molecular flexibility index (Phi) is 6.91. The second-order valence-electron chi connectivity index (χ2n) is 5.84. The van der Waals surface area contributed by atoms with Crippen LogP contribution in [0, 0.1) is 0 Å². The third kappa shape index (κ3) is 4.29. The van der Waals surface area contributed by atoms with Crippen molar-refractivity contribution in [2.24, 2.45) is 4.99 Å². The molecule has 0 aliphatic carbocycles. The van der Waals surface area contributed by atoms with E-state index in [-0.39, 0.29) is 11.4 Å². The highest BCUT2D eigenvalue weighted by molar-refractivity contribution is 6.02. The molecule has 0 saturated carbocycles. The molecule has 1 aromatic carbocycles. The van der Waals surface area contributed by atoms with E-state index in [0.717, 1.165) is 24.2 Å². The van der Waals surface area contributed by atoms with Gasteiger partial charge in [0.05, 0.1) is 17.9 Å². The maximum atomic E-state index is 12.3. The Morgan fingerprint density at radius 3 is 2.38 bits per heavy atom. The van der Waals surface area contributed by atoms with Crippen LogP contribution in [0.25, 0.3) is 5.69 Å². The van der Waals surface area contributed by atoms with Gasteiger partial charge in [-0.1, -0.05) is 39.0 Å². The molecule has 0 amide bonds. The summed E-state index contributed by atoms with van der Waals surface area (Å²) in [6.07, 6.45) is 0.474. The van der Waals surface area contributed by atoms with Crippen molar-refractivity contribution >= 4 is 5.71 Å². The smallest absolute Gasteiger partial charge is 0.335 e. The molecule has 1 aromatic heterocycles. The average Bonchev–Trinajstić information content (AvgIpc) is 2.64. The number of H-pyrrole nitrogens is 1. The lowest BCUT2D eigenvalue weighted by atomic mass is 10.1. The van der Waals surface area contributed by atoms with Gasteiger partial charge >= 0.3 is 5.69 Å². The van der Waals surface area contributed by atoms with E-state index in [1.54, 1.807) is 24.3 Å². The third-order valence-corrected chi connectivity index (χ3v) is 4.34. The predicted octanol–water partition coefficient (Wildman–Crippen LogP) is 1.77. The number of nitrogens with one attached hydrogen (secondary N) is 1. The van der Waals surface area contributed by atoms with Crippen LogP contribution in [0.3, 0.4) is 0 Å². The summed E-state index contributed by atoms with van der Waals surface area (Å²) in [6, 6.07) is 8.69. The largest absolute Gasteiger partial charge is 0.493 e. The number of benzene rings is 1. The summed E-state index contributed by atoms with van der Waals surface area (Å²) in [4.78, 5) is 33.6. The Hall–Kier alpha value is -2.67. The highest BCUT2D eigenvalue weighted by Crippen LogP contribution is 2.17. The Morgan fingerprint density at radius 2 is 1.81 bits per heavy atom. The minimum Gasteiger partial charge on any atom is -0.493 e. The van der Waals surface area contributed by atoms with Crippen LogP contribution in [0.1, 0.15) is 32.8 Å². The highest BCUT2D eigenvalue weighted by Gasteiger charge is 2.19. The number of aromatic amines is 1. The molecule has 7 nitrogen and oxygen atoms in total. The zero-order chi connectivity index (χ0) is 19.1. The monoisotopic (exact) mass is 358 g/mol. The molecule has 0 radical (unpaired) electrons. The van der Waals surface area contributed by atoms with Crippen molar-refractivity contribution in [3.63, 3.8) is 0 Å². The van der Waals surface area contributed by atoms with Crippen molar-refractivity contribution in [1.29, 1.82) is 0 Å². The second kappa shape index (κ2) is 9.15. The number of likely N-dealkylation sites (N-methyl/N-ethyl adjacent to an activating group) is 1. The molecule has 0 fully saturated rings. The number of aromatic nitrogens is 2. The van der Waals surface area contributed by atoms with Gasteiger partial charge in [0.1, 0.15) is 5.56 Å². The lowest BCUT2D eigenvalue weighted by Crippen LogP contribution is -2.33. The maximum Gasteiger partial charge on any atom is 0.335 e. The fourth-order valence-electron chi connectivity index (χ4n) is 2.84. The average molecular weight is 358 g/mol. The van der Waals surface area contributed by atoms with Crippen LogP contribution in [0.2, 0.25) is 0 Å². The number of rotatable bonds is 8. The minimum atomic E-state index is -0.680. The number of hydrogen-bond acceptors (Lipinski definition) is 5. The minimum absolute atomic E-state index is 0.0514. The van der Waals surface area contributed by atoms with Gasteiger partial charge in [-0.2, -0.15) is 0 Å². The summed E-state index contributed by atoms with van der Waals surface area (Å²) < 4.78 is 1.09. The van der Waals surface area contributed by atoms with E-state index < -0.39 is 11.2 Å². The molecule has 0 bridgehead atoms. The topological polar surface area (TPSA) is 90.7 Å². The Morgan fingerprint density at radius 1 is 1.15 bits per heavy atom. The summed E-state index contributed by atoms with van der Waals surface area (Å²) in [6.45, 7) is 9.19. The van der Waals surface area contributed by atoms with E-state index in [9.17, 15) is 14.7 Å². The number of nitrogens with zero attached hydrogens (tertiary/aromatic N) is 3. The first-order chi connectivity index (χ1) is 12.5. The highest BCUT2D eigenvalue weighted by atomic mass is 16.3. The summed E-state index contributed by atoms with van der Waals surface area (Å²) in [5, 5.41) is 10.7. The van der Waals surface area contributed by atoms with E-state index in [0.29, 0.717) is 24.4 Å². The van der Waals surface area contributed by atoms with E-state index in [2.05, 4.69) is 28.7 Å². The van der Waals surface area contributed by atoms with Gasteiger partial charge in [0.15, 0.2) is 0 Å². The molecule has 0 spiro atoms. The van der Waals surface area contributed by atoms with Crippen molar-refractivity contribution in [1.82, 2.24) is 14.5 Å². The molecule has 0 saturated heterocycles. The van der Waals surface area contributed by atoms with E-state index in [1.807, 2.05) is 13.0 Å². The fourth-order valence-corrected chi connectivity index (χ4v) is 2.84. The van der Waals surface area contributed by atoms with Crippen molar-refractivity contribution in [3.05, 3.63) is 56.7 Å². The summed E-state index contributed by atoms with van der Waals surface area (Å²) in [7, 11) is 0. The molecule has 7 heteroatoms. The van der Waals surface area contributed by atoms with Crippen LogP contribution in [0.4, 0.5) is 0 Å². The molecule has 0 atom stereocenters. The van der Waals surface area contributed by atoms with Crippen LogP contribution in [-0.4, -0.2) is 51.4 Å². The van der Waals surface area contributed by atoms with Crippen LogP contribution in [-0.2, 0) is 0 Å². The molecule has 0 unspecified atom stereocenters. The van der Waals surface area contributed by atoms with Crippen LogP contribution >= 0.6 is 0 Å². The molecule has 0 aliphatic rings. The maximum absolute atomic E-state index is 12.3. The fraction of sp³-hybridized carbons (Fsp3) is 0.421. The van der Waals surface area contributed by atoms with Crippen molar-refractivity contribution in [2.45, 2.75) is 27.2 Å². The summed E-state index contributed by atoms with van der Waals surface area (Å²) >= 11 is 0. The molecule has 2 rings (SSSR count). The molecule has 2 N–H and O–H groups in total. The molecule has 140 valence electrons. The van der Waals surface area contributed by atoms with Crippen LogP contribution < -0.4 is 11.2 Å². The lowest BCUT2D eigenvalue weighted by Gasteiger charge is -2.17. The van der Waals surface area contributed by atoms with Crippen molar-refractivity contribution < 1.29 is 5.11 Å². The second-order valence-corrected chi connectivity index (χ2v) is 5.84. The Labute approximate surface area is 152 Å². The predicted molar refractivity (Wildman–Crippen MR) is 104 cm³/mol. The summed E-state index contributed by atoms with van der Waals surface area (Å²) in [5.41, 5.74) is -0.286. The first-order valence-corrected chi connectivity index (χ1v) is 8.93. The van der Waals surface area contributed by atoms with Gasteiger partial charge in [0.25, 0.3) is 5.56 Å². The number of aromatic hydroxyl groups is 1. The quantitative estimate of drug-likeness (QED) is 0.704. The normalized spacial score (nSPS) is 11.9. The van der Waals surface area contributed by atoms with Gasteiger partial charge in [0.2, 0.25) is 5.88 Å². The Bertz CT molecular complexity index is 865. The number of hydrogen-bond donors (Lipinski definition) is 2. The van der Waals surface area contributed by atoms with Crippen molar-refractivity contribution in [2.75, 3.05) is 26.2 Å². The standard InChI is InChI=1S/C19H26N4O3/c1-4-15(20-12-13-22(5-2)6-3)16-17(24)21-19(26)23(18(16)25)14-10-8-7-9-11-14/h7-11,25H,4-6,12-13H2,1-3H3,(H,21,24,26). The number of aliphatic imine (C=N–C) groups is 1. The van der Waals surface area contributed by atoms with Gasteiger partial charge < -0.3 is 10.0 Å². The zero-order valence-corrected chi connectivity index (χ0v) is 15.5. The van der Waals surface area contributed by atoms with Gasteiger partial charge in [-0.3, -0.25) is 14.8 Å². The van der Waals surface area contributed by atoms with E-state index >= 15 is 0 Å². The first-order valence-electron chi connectivity index (χ1n) is 8.93. The van der Waals surface area contributed by atoms with E-state index in [1.165, 1.54) is 0 Å². The van der Waals surface area contributed by atoms with Gasteiger partial charge in [-0.15, -0.1) is 0 Å². The Balaban J connectivity index is 2.47. The van der Waals surface area contributed by atoms with Gasteiger partial charge in [-0.05, 0) is 31.6 Å². The third-order valence-electron chi connectivity index (χ3n) is 4.34. The first kappa shape index (κ1) is 19.7. The van der Waals surface area contributed by atoms with Crippen LogP contribution in [0.15, 0.2) is 44.9 Å². The molecular formula is C19H26N4O3. The molecule has 26 heavy (non-hydrogen) atoms. The molecule has 1 heterocycles. The SMILES string of the molecule is CCC(=NCCN(CC)CC)c1c(O)n(-c2ccccc2)c(=O)[nH]c1=O. The number of para-hydroxylation sites is 1. The zero-order valence-electron chi connectivity index (χ0n) is 15.5. The van der Waals surface area contributed by atoms with Gasteiger partial charge in [0, 0.05) is 6.54 Å². The van der Waals surface area contributed by atoms with Gasteiger partial charge in [-0.25, -0.2) is 9.36 Å².